The van der Waals surface area contributed by atoms with Crippen LogP contribution in [-0.4, -0.2) is 66.5 Å². The molecule has 0 aliphatic carbocycles. The van der Waals surface area contributed by atoms with Gasteiger partial charge >= 0.3 is 5.97 Å². The van der Waals surface area contributed by atoms with Crippen LogP contribution in [0.3, 0.4) is 0 Å². The Hall–Kier alpha value is -5.02. The quantitative estimate of drug-likeness (QED) is 0.237. The number of aryl methyl sites for hydroxylation is 1. The molecule has 9 heteroatoms. The summed E-state index contributed by atoms with van der Waals surface area (Å²) < 4.78 is 1.50. The summed E-state index contributed by atoms with van der Waals surface area (Å²) in [6.45, 7) is 9.03. The number of tetrazole rings is 1. The summed E-state index contributed by atoms with van der Waals surface area (Å²) in [5.41, 5.74) is 6.32. The van der Waals surface area contributed by atoms with Crippen LogP contribution < -0.4 is 4.90 Å². The molecule has 1 saturated heterocycles. The highest BCUT2D eigenvalue weighted by Gasteiger charge is 2.30. The second-order valence-corrected chi connectivity index (χ2v) is 11.6. The van der Waals surface area contributed by atoms with E-state index in [1.165, 1.54) is 10.2 Å². The van der Waals surface area contributed by atoms with E-state index in [9.17, 15) is 15.0 Å². The third-order valence-electron chi connectivity index (χ3n) is 8.44. The lowest BCUT2D eigenvalue weighted by molar-refractivity contribution is 0.0696. The van der Waals surface area contributed by atoms with Crippen molar-refractivity contribution in [2.24, 2.45) is 0 Å². The number of phenols is 1. The average Bonchev–Trinajstić information content (AvgIpc) is 3.48. The van der Waals surface area contributed by atoms with E-state index in [4.69, 9.17) is 0 Å². The van der Waals surface area contributed by atoms with Gasteiger partial charge in [-0.15, -0.1) is 5.10 Å². The SMILES string of the molecule is Cc1cccc(C(=O)O)c1-n1nnnc1-c1ccccc1Cc1cc(O)cc(N2C[C@@H](C)N(Cc3ccccc3)C[C@@H]2C)c1. The number of aromatic nitrogens is 4. The van der Waals surface area contributed by atoms with Crippen LogP contribution in [0.15, 0.2) is 91.0 Å². The number of hydrogen-bond acceptors (Lipinski definition) is 7. The summed E-state index contributed by atoms with van der Waals surface area (Å²) in [4.78, 5) is 17.0. The summed E-state index contributed by atoms with van der Waals surface area (Å²) in [6, 6.07) is 29.9. The van der Waals surface area contributed by atoms with Crippen LogP contribution in [0.2, 0.25) is 0 Å². The normalized spacial score (nSPS) is 17.1. The zero-order valence-electron chi connectivity index (χ0n) is 25.1. The van der Waals surface area contributed by atoms with Crippen molar-refractivity contribution in [1.29, 1.82) is 0 Å². The zero-order chi connectivity index (χ0) is 30.8. The van der Waals surface area contributed by atoms with Crippen LogP contribution in [0.4, 0.5) is 5.69 Å². The summed E-state index contributed by atoms with van der Waals surface area (Å²) in [7, 11) is 0. The van der Waals surface area contributed by atoms with E-state index in [1.54, 1.807) is 18.2 Å². The molecule has 0 radical (unpaired) electrons. The Morgan fingerprint density at radius 1 is 0.886 bits per heavy atom. The van der Waals surface area contributed by atoms with Gasteiger partial charge in [-0.1, -0.05) is 66.7 Å². The molecule has 0 bridgehead atoms. The third kappa shape index (κ3) is 5.91. The van der Waals surface area contributed by atoms with Gasteiger partial charge in [0.25, 0.3) is 0 Å². The summed E-state index contributed by atoms with van der Waals surface area (Å²) >= 11 is 0. The zero-order valence-corrected chi connectivity index (χ0v) is 25.1. The van der Waals surface area contributed by atoms with Crippen molar-refractivity contribution < 1.29 is 15.0 Å². The molecule has 0 spiro atoms. The Balaban J connectivity index is 1.28. The minimum Gasteiger partial charge on any atom is -0.508 e. The molecule has 1 aromatic heterocycles. The third-order valence-corrected chi connectivity index (χ3v) is 8.44. The van der Waals surface area contributed by atoms with Crippen LogP contribution in [0.1, 0.15) is 46.5 Å². The van der Waals surface area contributed by atoms with Gasteiger partial charge in [-0.25, -0.2) is 4.79 Å². The van der Waals surface area contributed by atoms with Crippen molar-refractivity contribution in [3.63, 3.8) is 0 Å². The number of hydrogen-bond donors (Lipinski definition) is 2. The predicted molar refractivity (Wildman–Crippen MR) is 170 cm³/mol. The van der Waals surface area contributed by atoms with Gasteiger partial charge in [0.05, 0.1) is 11.3 Å². The molecular formula is C35H36N6O3. The molecule has 5 aromatic rings. The average molecular weight is 589 g/mol. The van der Waals surface area contributed by atoms with Gasteiger partial charge in [0, 0.05) is 49.0 Å². The van der Waals surface area contributed by atoms with Crippen molar-refractivity contribution in [3.8, 4) is 22.8 Å². The number of rotatable bonds is 8. The maximum absolute atomic E-state index is 12.1. The van der Waals surface area contributed by atoms with Gasteiger partial charge in [0.2, 0.25) is 0 Å². The smallest absolute Gasteiger partial charge is 0.337 e. The molecule has 6 rings (SSSR count). The molecule has 1 aliphatic rings. The second-order valence-electron chi connectivity index (χ2n) is 11.6. The first-order valence-corrected chi connectivity index (χ1v) is 14.9. The highest BCUT2D eigenvalue weighted by molar-refractivity contribution is 5.92. The molecule has 2 N–H and O–H groups in total. The van der Waals surface area contributed by atoms with E-state index < -0.39 is 5.97 Å². The maximum Gasteiger partial charge on any atom is 0.337 e. The fourth-order valence-electron chi connectivity index (χ4n) is 6.25. The molecule has 0 saturated carbocycles. The number of para-hydroxylation sites is 1. The molecule has 224 valence electrons. The highest BCUT2D eigenvalue weighted by atomic mass is 16.4. The summed E-state index contributed by atoms with van der Waals surface area (Å²) in [5, 5.41) is 33.1. The number of carboxylic acid groups (broad SMARTS) is 1. The summed E-state index contributed by atoms with van der Waals surface area (Å²) in [5.74, 6) is -0.373. The Morgan fingerprint density at radius 2 is 1.66 bits per heavy atom. The molecule has 9 nitrogen and oxygen atoms in total. The maximum atomic E-state index is 12.1. The van der Waals surface area contributed by atoms with E-state index in [-0.39, 0.29) is 17.4 Å². The highest BCUT2D eigenvalue weighted by Crippen LogP contribution is 2.32. The molecule has 2 heterocycles. The number of anilines is 1. The summed E-state index contributed by atoms with van der Waals surface area (Å²) in [6.07, 6.45) is 0.530. The second kappa shape index (κ2) is 12.3. The minimum atomic E-state index is -1.05. The fraction of sp³-hybridized carbons (Fsp3) is 0.257. The van der Waals surface area contributed by atoms with Gasteiger partial charge in [-0.3, -0.25) is 4.90 Å². The van der Waals surface area contributed by atoms with Gasteiger partial charge < -0.3 is 15.1 Å². The van der Waals surface area contributed by atoms with Crippen molar-refractivity contribution in [3.05, 3.63) is 119 Å². The molecule has 2 atom stereocenters. The van der Waals surface area contributed by atoms with Crippen LogP contribution >= 0.6 is 0 Å². The van der Waals surface area contributed by atoms with Crippen LogP contribution in [-0.2, 0) is 13.0 Å². The number of aromatic hydroxyl groups is 1. The van der Waals surface area contributed by atoms with E-state index in [0.717, 1.165) is 47.6 Å². The molecule has 1 aliphatic heterocycles. The largest absolute Gasteiger partial charge is 0.508 e. The van der Waals surface area contributed by atoms with Crippen molar-refractivity contribution >= 4 is 11.7 Å². The lowest BCUT2D eigenvalue weighted by Crippen LogP contribution is -2.56. The van der Waals surface area contributed by atoms with E-state index in [0.29, 0.717) is 24.0 Å². The topological polar surface area (TPSA) is 108 Å². The Kier molecular flexibility index (Phi) is 8.13. The van der Waals surface area contributed by atoms with E-state index >= 15 is 0 Å². The lowest BCUT2D eigenvalue weighted by atomic mass is 9.97. The van der Waals surface area contributed by atoms with E-state index in [2.05, 4.69) is 69.5 Å². The fourth-order valence-corrected chi connectivity index (χ4v) is 6.25. The van der Waals surface area contributed by atoms with Gasteiger partial charge in [0.1, 0.15) is 5.75 Å². The van der Waals surface area contributed by atoms with Crippen molar-refractivity contribution in [2.45, 2.75) is 45.8 Å². The van der Waals surface area contributed by atoms with Crippen LogP contribution in [0, 0.1) is 6.92 Å². The Morgan fingerprint density at radius 3 is 2.45 bits per heavy atom. The number of carbonyl (C=O) groups is 1. The Labute approximate surface area is 257 Å². The van der Waals surface area contributed by atoms with Crippen molar-refractivity contribution in [2.75, 3.05) is 18.0 Å². The first-order chi connectivity index (χ1) is 21.3. The molecule has 0 unspecified atom stereocenters. The van der Waals surface area contributed by atoms with Gasteiger partial charge in [-0.05, 0) is 78.1 Å². The molecule has 0 amide bonds. The monoisotopic (exact) mass is 588 g/mol. The van der Waals surface area contributed by atoms with Crippen molar-refractivity contribution in [1.82, 2.24) is 25.1 Å². The van der Waals surface area contributed by atoms with Crippen LogP contribution in [0.5, 0.6) is 5.75 Å². The minimum absolute atomic E-state index is 0.126. The van der Waals surface area contributed by atoms with E-state index in [1.807, 2.05) is 49.4 Å². The van der Waals surface area contributed by atoms with Gasteiger partial charge in [-0.2, -0.15) is 4.68 Å². The van der Waals surface area contributed by atoms with Gasteiger partial charge in [0.15, 0.2) is 5.82 Å². The first kappa shape index (κ1) is 29.1. The number of carboxylic acids is 1. The number of nitrogens with zero attached hydrogens (tertiary/aromatic N) is 6. The molecular weight excluding hydrogens is 552 g/mol. The number of piperazine rings is 1. The lowest BCUT2D eigenvalue weighted by Gasteiger charge is -2.45. The first-order valence-electron chi connectivity index (χ1n) is 14.9. The number of phenolic OH excluding ortho intramolecular Hbond substituents is 1. The Bertz CT molecular complexity index is 1790. The molecule has 1 fully saturated rings. The molecule has 4 aromatic carbocycles. The number of benzene rings is 4. The van der Waals surface area contributed by atoms with Crippen LogP contribution in [0.25, 0.3) is 17.1 Å². The standard InChI is InChI=1S/C35H36N6O3/c1-23-10-9-15-32(35(43)44)33(23)41-34(36-37-38-41)31-14-8-7-13-28(31)16-27-17-29(19-30(42)18-27)40-21-24(2)39(20-25(40)3)22-26-11-5-4-6-12-26/h4-15,17-19,24-25,42H,16,20-22H2,1-3H3,(H,43,44)/t24-,25+/m1/s1. The predicted octanol–water partition coefficient (Wildman–Crippen LogP) is 5.73. The molecule has 44 heavy (non-hydrogen) atoms. The number of aromatic carboxylic acids is 1.